The Morgan fingerprint density at radius 2 is 2.00 bits per heavy atom. The van der Waals surface area contributed by atoms with Crippen molar-refractivity contribution >= 4 is 11.9 Å². The summed E-state index contributed by atoms with van der Waals surface area (Å²) in [4.78, 5) is 26.5. The summed E-state index contributed by atoms with van der Waals surface area (Å²) >= 11 is 0. The molecule has 0 fully saturated rings. The number of carbonyl (C=O) groups is 2. The van der Waals surface area contributed by atoms with Crippen LogP contribution in [-0.2, 0) is 4.79 Å². The van der Waals surface area contributed by atoms with Crippen molar-refractivity contribution in [1.29, 1.82) is 0 Å². The number of amides is 1. The van der Waals surface area contributed by atoms with Gasteiger partial charge in [0.15, 0.2) is 0 Å². The minimum absolute atomic E-state index is 0.113. The third kappa shape index (κ3) is 4.57. The van der Waals surface area contributed by atoms with Crippen LogP contribution in [0.4, 0.5) is 0 Å². The average molecular weight is 266 g/mol. The second-order valence-corrected chi connectivity index (χ2v) is 5.42. The fourth-order valence-electron chi connectivity index (χ4n) is 1.54. The van der Waals surface area contributed by atoms with Crippen molar-refractivity contribution in [2.24, 2.45) is 5.41 Å². The number of carbonyl (C=O) groups excluding carboxylic acids is 1. The zero-order valence-electron chi connectivity index (χ0n) is 11.2. The van der Waals surface area contributed by atoms with Gasteiger partial charge in [-0.2, -0.15) is 0 Å². The van der Waals surface area contributed by atoms with E-state index in [1.165, 1.54) is 18.5 Å². The zero-order valence-corrected chi connectivity index (χ0v) is 11.2. The van der Waals surface area contributed by atoms with E-state index in [1.807, 2.05) is 20.8 Å². The van der Waals surface area contributed by atoms with E-state index in [-0.39, 0.29) is 17.7 Å². The molecular weight excluding hydrogens is 248 g/mol. The minimum atomic E-state index is -0.978. The first kappa shape index (κ1) is 14.9. The van der Waals surface area contributed by atoms with E-state index in [0.717, 1.165) is 0 Å². The Kier molecular flexibility index (Phi) is 4.47. The van der Waals surface area contributed by atoms with Gasteiger partial charge in [0.25, 0.3) is 5.91 Å². The summed E-state index contributed by atoms with van der Waals surface area (Å²) < 4.78 is 0. The molecule has 1 rings (SSSR count). The van der Waals surface area contributed by atoms with Gasteiger partial charge in [-0.05, 0) is 11.5 Å². The van der Waals surface area contributed by atoms with Gasteiger partial charge in [-0.25, -0.2) is 0 Å². The van der Waals surface area contributed by atoms with Crippen molar-refractivity contribution in [3.8, 4) is 5.75 Å². The lowest BCUT2D eigenvalue weighted by Gasteiger charge is -2.30. The van der Waals surface area contributed by atoms with E-state index in [1.54, 1.807) is 0 Å². The van der Waals surface area contributed by atoms with E-state index in [9.17, 15) is 14.7 Å². The molecule has 0 saturated heterocycles. The molecule has 0 radical (unpaired) electrons. The molecule has 6 heteroatoms. The normalized spacial score (nSPS) is 12.8. The average Bonchev–Trinajstić information content (AvgIpc) is 2.26. The lowest BCUT2D eigenvalue weighted by molar-refractivity contribution is -0.138. The molecule has 0 aliphatic rings. The van der Waals surface area contributed by atoms with Gasteiger partial charge in [0.05, 0.1) is 18.2 Å². The summed E-state index contributed by atoms with van der Waals surface area (Å²) in [5.74, 6) is -1.54. The van der Waals surface area contributed by atoms with Crippen LogP contribution in [0.15, 0.2) is 18.5 Å². The number of aromatic hydroxyl groups is 1. The van der Waals surface area contributed by atoms with Crippen molar-refractivity contribution in [1.82, 2.24) is 10.3 Å². The van der Waals surface area contributed by atoms with Crippen molar-refractivity contribution in [2.75, 3.05) is 0 Å². The molecular formula is C13H18N2O4. The highest BCUT2D eigenvalue weighted by molar-refractivity contribution is 5.94. The number of hydrogen-bond acceptors (Lipinski definition) is 4. The van der Waals surface area contributed by atoms with E-state index in [0.29, 0.717) is 0 Å². The smallest absolute Gasteiger partial charge is 0.305 e. The minimum Gasteiger partial charge on any atom is -0.506 e. The molecule has 1 heterocycles. The van der Waals surface area contributed by atoms with E-state index in [4.69, 9.17) is 5.11 Å². The molecule has 0 aliphatic heterocycles. The van der Waals surface area contributed by atoms with Gasteiger partial charge in [-0.15, -0.1) is 0 Å². The van der Waals surface area contributed by atoms with Crippen LogP contribution in [0.1, 0.15) is 37.6 Å². The molecule has 0 bridgehead atoms. The molecule has 0 spiro atoms. The molecule has 1 atom stereocenters. The van der Waals surface area contributed by atoms with Crippen LogP contribution in [0.5, 0.6) is 5.75 Å². The number of nitrogens with one attached hydrogen (secondary N) is 1. The van der Waals surface area contributed by atoms with Crippen molar-refractivity contribution < 1.29 is 19.8 Å². The van der Waals surface area contributed by atoms with Gasteiger partial charge in [0, 0.05) is 12.2 Å². The highest BCUT2D eigenvalue weighted by Crippen LogP contribution is 2.22. The zero-order chi connectivity index (χ0) is 14.6. The molecule has 1 aromatic rings. The number of pyridine rings is 1. The lowest BCUT2D eigenvalue weighted by atomic mass is 9.84. The number of carboxylic acids is 1. The number of rotatable bonds is 4. The Morgan fingerprint density at radius 3 is 2.47 bits per heavy atom. The Hall–Kier alpha value is -2.11. The Morgan fingerprint density at radius 1 is 1.37 bits per heavy atom. The lowest BCUT2D eigenvalue weighted by Crippen LogP contribution is -2.45. The van der Waals surface area contributed by atoms with Crippen LogP contribution >= 0.6 is 0 Å². The fourth-order valence-corrected chi connectivity index (χ4v) is 1.54. The third-order valence-electron chi connectivity index (χ3n) is 2.72. The maximum absolute atomic E-state index is 12.0. The topological polar surface area (TPSA) is 99.5 Å². The summed E-state index contributed by atoms with van der Waals surface area (Å²) in [7, 11) is 0. The predicted octanol–water partition coefficient (Wildman–Crippen LogP) is 1.41. The number of hydrogen-bond donors (Lipinski definition) is 3. The first-order valence-electron chi connectivity index (χ1n) is 5.87. The van der Waals surface area contributed by atoms with Gasteiger partial charge >= 0.3 is 5.97 Å². The maximum atomic E-state index is 12.0. The number of aromatic nitrogens is 1. The summed E-state index contributed by atoms with van der Waals surface area (Å²) in [5, 5.41) is 20.8. The molecule has 1 aromatic heterocycles. The van der Waals surface area contributed by atoms with Gasteiger partial charge in [0.1, 0.15) is 5.75 Å². The monoisotopic (exact) mass is 266 g/mol. The van der Waals surface area contributed by atoms with Crippen LogP contribution < -0.4 is 5.32 Å². The Balaban J connectivity index is 2.85. The van der Waals surface area contributed by atoms with Crippen molar-refractivity contribution in [3.05, 3.63) is 24.0 Å². The van der Waals surface area contributed by atoms with Crippen LogP contribution in [-0.4, -0.2) is 33.1 Å². The summed E-state index contributed by atoms with van der Waals surface area (Å²) in [6.45, 7) is 5.55. The van der Waals surface area contributed by atoms with Gasteiger partial charge in [-0.3, -0.25) is 14.6 Å². The Labute approximate surface area is 111 Å². The van der Waals surface area contributed by atoms with E-state index < -0.39 is 23.3 Å². The number of nitrogens with zero attached hydrogens (tertiary/aromatic N) is 1. The highest BCUT2D eigenvalue weighted by atomic mass is 16.4. The van der Waals surface area contributed by atoms with Crippen molar-refractivity contribution in [2.45, 2.75) is 33.2 Å². The Bertz CT molecular complexity index is 480. The van der Waals surface area contributed by atoms with Gasteiger partial charge in [0.2, 0.25) is 0 Å². The molecule has 6 nitrogen and oxygen atoms in total. The van der Waals surface area contributed by atoms with Crippen molar-refractivity contribution in [3.63, 3.8) is 0 Å². The van der Waals surface area contributed by atoms with Crippen LogP contribution in [0, 0.1) is 5.41 Å². The maximum Gasteiger partial charge on any atom is 0.305 e. The molecule has 1 amide bonds. The standard InChI is InChI=1S/C13H18N2O4/c1-13(2,3)10(5-11(17)18)15-12(19)8-4-9(16)7-14-6-8/h4,6-7,10,16H,5H2,1-3H3,(H,15,19)(H,17,18). The quantitative estimate of drug-likeness (QED) is 0.765. The predicted molar refractivity (Wildman–Crippen MR) is 68.9 cm³/mol. The van der Waals surface area contributed by atoms with Gasteiger partial charge in [-0.1, -0.05) is 20.8 Å². The molecule has 3 N–H and O–H groups in total. The van der Waals surface area contributed by atoms with E-state index in [2.05, 4.69) is 10.3 Å². The summed E-state index contributed by atoms with van der Waals surface area (Å²) in [5.41, 5.74) is -0.196. The van der Waals surface area contributed by atoms with Crippen LogP contribution in [0.25, 0.3) is 0 Å². The second kappa shape index (κ2) is 5.69. The molecule has 0 aliphatic carbocycles. The first-order chi connectivity index (χ1) is 8.70. The molecule has 104 valence electrons. The molecule has 19 heavy (non-hydrogen) atoms. The second-order valence-electron chi connectivity index (χ2n) is 5.42. The van der Waals surface area contributed by atoms with Crippen LogP contribution in [0.2, 0.25) is 0 Å². The van der Waals surface area contributed by atoms with E-state index >= 15 is 0 Å². The number of carboxylic acid groups (broad SMARTS) is 1. The largest absolute Gasteiger partial charge is 0.506 e. The third-order valence-corrected chi connectivity index (χ3v) is 2.72. The molecule has 0 aromatic carbocycles. The SMILES string of the molecule is CC(C)(C)C(CC(=O)O)NC(=O)c1cncc(O)c1. The number of aliphatic carboxylic acids is 1. The molecule has 0 saturated carbocycles. The highest BCUT2D eigenvalue weighted by Gasteiger charge is 2.28. The van der Waals surface area contributed by atoms with Crippen LogP contribution in [0.3, 0.4) is 0 Å². The fraction of sp³-hybridized carbons (Fsp3) is 0.462. The molecule has 1 unspecified atom stereocenters. The summed E-state index contributed by atoms with van der Waals surface area (Å²) in [6.07, 6.45) is 2.37. The van der Waals surface area contributed by atoms with Gasteiger partial charge < -0.3 is 15.5 Å². The summed E-state index contributed by atoms with van der Waals surface area (Å²) in [6, 6.07) is 0.767. The first-order valence-corrected chi connectivity index (χ1v) is 5.87.